The fourth-order valence-electron chi connectivity index (χ4n) is 4.98. The summed E-state index contributed by atoms with van der Waals surface area (Å²) in [4.78, 5) is 25.6. The van der Waals surface area contributed by atoms with E-state index in [-0.39, 0.29) is 23.2 Å². The molecule has 0 saturated heterocycles. The van der Waals surface area contributed by atoms with Gasteiger partial charge in [-0.15, -0.1) is 0 Å². The van der Waals surface area contributed by atoms with E-state index in [1.54, 1.807) is 19.1 Å². The molecule has 0 unspecified atom stereocenters. The van der Waals surface area contributed by atoms with Crippen molar-refractivity contribution in [2.75, 3.05) is 4.90 Å². The number of carbonyl (C=O) groups excluding carboxylic acids is 1. The zero-order valence-electron chi connectivity index (χ0n) is 24.6. The predicted molar refractivity (Wildman–Crippen MR) is 172 cm³/mol. The van der Waals surface area contributed by atoms with E-state index in [0.29, 0.717) is 43.0 Å². The van der Waals surface area contributed by atoms with Crippen LogP contribution in [0.15, 0.2) is 127 Å². The summed E-state index contributed by atoms with van der Waals surface area (Å²) in [6.07, 6.45) is 0.901. The first-order valence-electron chi connectivity index (χ1n) is 14.5. The molecular weight excluding hydrogens is 552 g/mol. The lowest BCUT2D eigenvalue weighted by molar-refractivity contribution is -0.385. The molecule has 7 heteroatoms. The van der Waals surface area contributed by atoms with E-state index < -0.39 is 0 Å². The summed E-state index contributed by atoms with van der Waals surface area (Å²) >= 11 is 0. The monoisotopic (exact) mass is 586 g/mol. The smallest absolute Gasteiger partial charge is 0.306 e. The van der Waals surface area contributed by atoms with E-state index >= 15 is 0 Å². The number of aryl methyl sites for hydroxylation is 1. The molecule has 0 aliphatic heterocycles. The molecule has 0 aliphatic carbocycles. The molecule has 5 rings (SSSR count). The number of benzene rings is 5. The molecular formula is C37H34N2O5. The number of hydrogen-bond acceptors (Lipinski definition) is 6. The highest BCUT2D eigenvalue weighted by Crippen LogP contribution is 2.31. The van der Waals surface area contributed by atoms with Crippen LogP contribution in [0.4, 0.5) is 11.4 Å². The molecule has 0 heterocycles. The Bertz CT molecular complexity index is 1670. The van der Waals surface area contributed by atoms with Gasteiger partial charge >= 0.3 is 5.97 Å². The predicted octanol–water partition coefficient (Wildman–Crippen LogP) is 8.58. The van der Waals surface area contributed by atoms with Gasteiger partial charge in [0.15, 0.2) is 0 Å². The number of anilines is 1. The van der Waals surface area contributed by atoms with Crippen molar-refractivity contribution in [2.24, 2.45) is 0 Å². The zero-order chi connectivity index (χ0) is 30.7. The van der Waals surface area contributed by atoms with Crippen LogP contribution in [0.1, 0.15) is 34.2 Å². The van der Waals surface area contributed by atoms with Gasteiger partial charge in [0.1, 0.15) is 18.1 Å². The lowest BCUT2D eigenvalue weighted by atomic mass is 10.1. The maximum atomic E-state index is 12.1. The Kier molecular flexibility index (Phi) is 10.0. The molecule has 0 spiro atoms. The van der Waals surface area contributed by atoms with Crippen LogP contribution in [0.2, 0.25) is 0 Å². The van der Waals surface area contributed by atoms with Crippen LogP contribution in [-0.4, -0.2) is 10.9 Å². The number of ether oxygens (including phenoxy) is 2. The minimum absolute atomic E-state index is 0.110. The van der Waals surface area contributed by atoms with Crippen LogP contribution < -0.4 is 9.64 Å². The standard InChI is InChI=1S/C37H34N2O5/c1-28-35(13-8-14-36(28)39(41)42)38(25-30-9-4-2-5-10-30)26-31-17-22-34(23-18-31)44-33-20-15-29(16-21-33)19-24-37(40)43-27-32-11-6-3-7-12-32/h2-18,20-23H,19,24-27H2,1H3. The van der Waals surface area contributed by atoms with Gasteiger partial charge in [0.05, 0.1) is 10.5 Å². The minimum atomic E-state index is -0.334. The van der Waals surface area contributed by atoms with Crippen molar-refractivity contribution in [1.82, 2.24) is 0 Å². The van der Waals surface area contributed by atoms with Crippen LogP contribution in [0.5, 0.6) is 11.5 Å². The Morgan fingerprint density at radius 3 is 1.82 bits per heavy atom. The van der Waals surface area contributed by atoms with Crippen molar-refractivity contribution in [3.05, 3.63) is 165 Å². The van der Waals surface area contributed by atoms with Gasteiger partial charge in [-0.1, -0.05) is 91.0 Å². The third-order valence-corrected chi connectivity index (χ3v) is 7.35. The number of nitrogens with zero attached hydrogens (tertiary/aromatic N) is 2. The van der Waals surface area contributed by atoms with E-state index in [0.717, 1.165) is 27.9 Å². The highest BCUT2D eigenvalue weighted by Gasteiger charge is 2.18. The Morgan fingerprint density at radius 1 is 0.682 bits per heavy atom. The van der Waals surface area contributed by atoms with Crippen molar-refractivity contribution in [2.45, 2.75) is 39.5 Å². The molecule has 0 fully saturated rings. The van der Waals surface area contributed by atoms with Gasteiger partial charge in [-0.2, -0.15) is 0 Å². The van der Waals surface area contributed by atoms with Crippen LogP contribution in [0.25, 0.3) is 0 Å². The molecule has 0 N–H and O–H groups in total. The first-order valence-corrected chi connectivity index (χ1v) is 14.5. The maximum absolute atomic E-state index is 12.1. The Balaban J connectivity index is 1.19. The van der Waals surface area contributed by atoms with Gasteiger partial charge in [0.25, 0.3) is 5.69 Å². The van der Waals surface area contributed by atoms with Crippen LogP contribution in [0, 0.1) is 17.0 Å². The lowest BCUT2D eigenvalue weighted by Gasteiger charge is -2.27. The van der Waals surface area contributed by atoms with Gasteiger partial charge in [-0.25, -0.2) is 0 Å². The van der Waals surface area contributed by atoms with Gasteiger partial charge in [0.2, 0.25) is 0 Å². The number of esters is 1. The normalized spacial score (nSPS) is 10.7. The number of nitro benzene ring substituents is 1. The number of nitro groups is 1. The SMILES string of the molecule is Cc1c(N(Cc2ccccc2)Cc2ccc(Oc3ccc(CCC(=O)OCc4ccccc4)cc3)cc2)cccc1[N+](=O)[O-]. The average Bonchev–Trinajstić information content (AvgIpc) is 3.05. The summed E-state index contributed by atoms with van der Waals surface area (Å²) in [5.41, 5.74) is 5.74. The molecule has 0 bridgehead atoms. The largest absolute Gasteiger partial charge is 0.461 e. The fourth-order valence-corrected chi connectivity index (χ4v) is 4.98. The lowest BCUT2D eigenvalue weighted by Crippen LogP contribution is -2.23. The molecule has 0 amide bonds. The number of rotatable bonds is 13. The van der Waals surface area contributed by atoms with E-state index in [9.17, 15) is 14.9 Å². The third kappa shape index (κ3) is 8.32. The van der Waals surface area contributed by atoms with Gasteiger partial charge < -0.3 is 14.4 Å². The van der Waals surface area contributed by atoms with Crippen molar-refractivity contribution in [3.63, 3.8) is 0 Å². The molecule has 222 valence electrons. The van der Waals surface area contributed by atoms with E-state index in [4.69, 9.17) is 9.47 Å². The van der Waals surface area contributed by atoms with E-state index in [2.05, 4.69) is 17.0 Å². The minimum Gasteiger partial charge on any atom is -0.461 e. The van der Waals surface area contributed by atoms with Crippen molar-refractivity contribution >= 4 is 17.3 Å². The second-order valence-electron chi connectivity index (χ2n) is 10.6. The fraction of sp³-hybridized carbons (Fsp3) is 0.162. The number of hydrogen-bond donors (Lipinski definition) is 0. The molecule has 5 aromatic carbocycles. The van der Waals surface area contributed by atoms with Crippen molar-refractivity contribution < 1.29 is 19.2 Å². The zero-order valence-corrected chi connectivity index (χ0v) is 24.6. The number of carbonyl (C=O) groups is 1. The summed E-state index contributed by atoms with van der Waals surface area (Å²) in [5, 5.41) is 11.6. The average molecular weight is 587 g/mol. The second-order valence-corrected chi connectivity index (χ2v) is 10.6. The summed E-state index contributed by atoms with van der Waals surface area (Å²) < 4.78 is 11.4. The highest BCUT2D eigenvalue weighted by molar-refractivity contribution is 5.69. The van der Waals surface area contributed by atoms with Crippen LogP contribution >= 0.6 is 0 Å². The molecule has 0 aromatic heterocycles. The molecule has 5 aromatic rings. The molecule has 44 heavy (non-hydrogen) atoms. The summed E-state index contributed by atoms with van der Waals surface area (Å²) in [5.74, 6) is 1.18. The van der Waals surface area contributed by atoms with Crippen LogP contribution in [0.3, 0.4) is 0 Å². The topological polar surface area (TPSA) is 81.9 Å². The molecule has 0 radical (unpaired) electrons. The van der Waals surface area contributed by atoms with Crippen molar-refractivity contribution in [3.8, 4) is 11.5 Å². The summed E-state index contributed by atoms with van der Waals surface area (Å²) in [7, 11) is 0. The molecule has 0 saturated carbocycles. The molecule has 0 atom stereocenters. The first kappa shape index (κ1) is 30.0. The quantitative estimate of drug-likeness (QED) is 0.0781. The van der Waals surface area contributed by atoms with Crippen molar-refractivity contribution in [1.29, 1.82) is 0 Å². The first-order chi connectivity index (χ1) is 21.4. The Labute approximate surface area is 257 Å². The Hall–Kier alpha value is -5.43. The van der Waals surface area contributed by atoms with Gasteiger partial charge in [-0.05, 0) is 65.9 Å². The summed E-state index contributed by atoms with van der Waals surface area (Å²) in [6, 6.07) is 40.5. The van der Waals surface area contributed by atoms with E-state index in [1.807, 2.05) is 103 Å². The second kappa shape index (κ2) is 14.6. The summed E-state index contributed by atoms with van der Waals surface area (Å²) in [6.45, 7) is 3.26. The highest BCUT2D eigenvalue weighted by atomic mass is 16.6. The molecule has 0 aliphatic rings. The molecule has 7 nitrogen and oxygen atoms in total. The maximum Gasteiger partial charge on any atom is 0.306 e. The van der Waals surface area contributed by atoms with Gasteiger partial charge in [0, 0.05) is 31.3 Å². The third-order valence-electron chi connectivity index (χ3n) is 7.35. The van der Waals surface area contributed by atoms with Crippen LogP contribution in [-0.2, 0) is 35.6 Å². The Morgan fingerprint density at radius 2 is 1.23 bits per heavy atom. The van der Waals surface area contributed by atoms with E-state index in [1.165, 1.54) is 0 Å². The van der Waals surface area contributed by atoms with Gasteiger partial charge in [-0.3, -0.25) is 14.9 Å².